The van der Waals surface area contributed by atoms with E-state index in [4.69, 9.17) is 4.74 Å². The molecular weight excluding hydrogens is 378 g/mol. The Morgan fingerprint density at radius 1 is 0.920 bits per heavy atom. The van der Waals surface area contributed by atoms with E-state index < -0.39 is 50.7 Å². The highest BCUT2D eigenvalue weighted by Gasteiger charge is 2.38. The Balaban J connectivity index is 3.22. The van der Waals surface area contributed by atoms with Crippen LogP contribution in [0.5, 0.6) is 0 Å². The lowest BCUT2D eigenvalue weighted by molar-refractivity contribution is -0.143. The summed E-state index contributed by atoms with van der Waals surface area (Å²) in [6, 6.07) is 0.0468. The first-order valence-corrected chi connectivity index (χ1v) is 8.23. The topological polar surface area (TPSA) is 52.6 Å². The molecule has 0 bridgehead atoms. The summed E-state index contributed by atoms with van der Waals surface area (Å²) in [5, 5.41) is 0. The molecule has 0 atom stereocenters. The maximum absolute atomic E-state index is 12.8. The molecule has 0 amide bonds. The molecule has 0 radical (unpaired) electrons. The Hall–Kier alpha value is -1.33. The minimum Gasteiger partial charge on any atom is -0.379 e. The molecule has 1 rings (SSSR count). The Morgan fingerprint density at radius 3 is 1.72 bits per heavy atom. The highest BCUT2D eigenvalue weighted by Crippen LogP contribution is 2.37. The van der Waals surface area contributed by atoms with Crippen LogP contribution in [0.1, 0.15) is 31.4 Å². The second-order valence-corrected chi connectivity index (χ2v) is 7.35. The van der Waals surface area contributed by atoms with Gasteiger partial charge < -0.3 is 4.74 Å². The molecule has 0 fully saturated rings. The van der Waals surface area contributed by atoms with Crippen molar-refractivity contribution in [1.82, 2.24) is 0 Å². The predicted molar refractivity (Wildman–Crippen MR) is 75.3 cm³/mol. The van der Waals surface area contributed by atoms with Gasteiger partial charge in [-0.15, -0.1) is 0 Å². The van der Waals surface area contributed by atoms with Crippen molar-refractivity contribution in [2.75, 3.05) is 13.7 Å². The van der Waals surface area contributed by atoms with Crippen molar-refractivity contribution in [3.05, 3.63) is 29.3 Å². The molecule has 0 aliphatic rings. The third kappa shape index (κ3) is 6.15. The zero-order valence-corrected chi connectivity index (χ0v) is 14.3. The van der Waals surface area contributed by atoms with Crippen LogP contribution in [-0.4, -0.2) is 27.7 Å². The number of alkyl halides is 6. The number of ether oxygens (including phenoxy) is 1. The minimum atomic E-state index is -5.15. The van der Waals surface area contributed by atoms with Crippen LogP contribution in [0.15, 0.2) is 23.1 Å². The first-order chi connectivity index (χ1) is 11.1. The van der Waals surface area contributed by atoms with Gasteiger partial charge in [0.1, 0.15) is 0 Å². The number of hydrogen-bond acceptors (Lipinski definition) is 4. The maximum Gasteiger partial charge on any atom is 0.416 e. The van der Waals surface area contributed by atoms with Crippen molar-refractivity contribution < 1.29 is 43.7 Å². The van der Waals surface area contributed by atoms with Gasteiger partial charge in [-0.2, -0.15) is 34.8 Å². The first-order valence-electron chi connectivity index (χ1n) is 6.82. The van der Waals surface area contributed by atoms with E-state index in [2.05, 4.69) is 4.18 Å². The van der Waals surface area contributed by atoms with E-state index in [0.29, 0.717) is 0 Å². The molecular formula is C14H16F6O4S. The van der Waals surface area contributed by atoms with E-state index in [-0.39, 0.29) is 24.6 Å². The van der Waals surface area contributed by atoms with Crippen molar-refractivity contribution in [2.45, 2.75) is 43.1 Å². The second kappa shape index (κ2) is 7.12. The fraction of sp³-hybridized carbons (Fsp3) is 0.571. The summed E-state index contributed by atoms with van der Waals surface area (Å²) in [5.41, 5.74) is -4.25. The van der Waals surface area contributed by atoms with Gasteiger partial charge in [0, 0.05) is 13.5 Å². The number of methoxy groups -OCH3 is 1. The Labute approximate surface area is 140 Å². The Bertz CT molecular complexity index is 675. The van der Waals surface area contributed by atoms with Gasteiger partial charge in [0.25, 0.3) is 10.1 Å². The number of rotatable bonds is 6. The van der Waals surface area contributed by atoms with Crippen LogP contribution < -0.4 is 0 Å². The lowest BCUT2D eigenvalue weighted by atomic mass is 10.1. The molecule has 144 valence electrons. The summed E-state index contributed by atoms with van der Waals surface area (Å²) in [4.78, 5) is -1.22. The third-order valence-corrected chi connectivity index (χ3v) is 4.64. The normalized spacial score (nSPS) is 14.0. The fourth-order valence-corrected chi connectivity index (χ4v) is 2.62. The lowest BCUT2D eigenvalue weighted by Gasteiger charge is -2.22. The maximum atomic E-state index is 12.8. The Kier molecular flexibility index (Phi) is 6.18. The molecule has 0 spiro atoms. The van der Waals surface area contributed by atoms with Crippen molar-refractivity contribution >= 4 is 10.1 Å². The number of benzene rings is 1. The van der Waals surface area contributed by atoms with Crippen LogP contribution in [0, 0.1) is 0 Å². The highest BCUT2D eigenvalue weighted by atomic mass is 32.2. The van der Waals surface area contributed by atoms with Crippen LogP contribution in [0.4, 0.5) is 26.3 Å². The van der Waals surface area contributed by atoms with Crippen LogP contribution in [0.25, 0.3) is 0 Å². The highest BCUT2D eigenvalue weighted by molar-refractivity contribution is 7.86. The standard InChI is InChI=1S/C14H16F6O4S/c1-12(2,23-3)4-5-24-25(21,22)11-7-9(13(15,16)17)6-10(8-11)14(18,19)20/h6-8H,4-5H2,1-3H3. The average molecular weight is 394 g/mol. The molecule has 4 nitrogen and oxygen atoms in total. The summed E-state index contributed by atoms with van der Waals surface area (Å²) in [6.45, 7) is 2.74. The summed E-state index contributed by atoms with van der Waals surface area (Å²) in [6.07, 6.45) is -10.2. The zero-order valence-electron chi connectivity index (χ0n) is 13.5. The van der Waals surface area contributed by atoms with E-state index in [1.54, 1.807) is 13.8 Å². The zero-order chi connectivity index (χ0) is 19.7. The van der Waals surface area contributed by atoms with Gasteiger partial charge in [-0.05, 0) is 32.0 Å². The van der Waals surface area contributed by atoms with E-state index in [9.17, 15) is 34.8 Å². The van der Waals surface area contributed by atoms with E-state index in [1.807, 2.05) is 0 Å². The molecule has 0 aliphatic heterocycles. The van der Waals surface area contributed by atoms with Gasteiger partial charge in [0.05, 0.1) is 28.2 Å². The van der Waals surface area contributed by atoms with Gasteiger partial charge in [-0.25, -0.2) is 0 Å². The van der Waals surface area contributed by atoms with E-state index >= 15 is 0 Å². The van der Waals surface area contributed by atoms with Gasteiger partial charge >= 0.3 is 12.4 Å². The number of hydrogen-bond donors (Lipinski definition) is 0. The first kappa shape index (κ1) is 21.7. The van der Waals surface area contributed by atoms with Gasteiger partial charge in [0.15, 0.2) is 0 Å². The molecule has 0 unspecified atom stereocenters. The molecule has 0 saturated carbocycles. The quantitative estimate of drug-likeness (QED) is 0.535. The van der Waals surface area contributed by atoms with Crippen LogP contribution >= 0.6 is 0 Å². The van der Waals surface area contributed by atoms with E-state index in [1.165, 1.54) is 7.11 Å². The summed E-state index contributed by atoms with van der Waals surface area (Å²) in [7, 11) is -3.45. The SMILES string of the molecule is COC(C)(C)CCOS(=O)(=O)c1cc(C(F)(F)F)cc(C(F)(F)F)c1. The van der Waals surface area contributed by atoms with Crippen LogP contribution in [-0.2, 0) is 31.4 Å². The molecule has 0 saturated heterocycles. The molecule has 0 heterocycles. The molecule has 0 N–H and O–H groups in total. The van der Waals surface area contributed by atoms with Gasteiger partial charge in [-0.3, -0.25) is 4.18 Å². The van der Waals surface area contributed by atoms with Crippen LogP contribution in [0.2, 0.25) is 0 Å². The van der Waals surface area contributed by atoms with Crippen molar-refractivity contribution in [3.63, 3.8) is 0 Å². The lowest BCUT2D eigenvalue weighted by Crippen LogP contribution is -2.25. The smallest absolute Gasteiger partial charge is 0.379 e. The van der Waals surface area contributed by atoms with Crippen molar-refractivity contribution in [3.8, 4) is 0 Å². The summed E-state index contributed by atoms with van der Waals surface area (Å²) in [5.74, 6) is 0. The molecule has 0 aliphatic carbocycles. The fourth-order valence-electron chi connectivity index (χ4n) is 1.64. The molecule has 11 heteroatoms. The summed E-state index contributed by atoms with van der Waals surface area (Å²) >= 11 is 0. The largest absolute Gasteiger partial charge is 0.416 e. The Morgan fingerprint density at radius 2 is 1.36 bits per heavy atom. The van der Waals surface area contributed by atoms with E-state index in [0.717, 1.165) is 0 Å². The third-order valence-electron chi connectivity index (χ3n) is 3.35. The predicted octanol–water partition coefficient (Wildman–Crippen LogP) is 4.24. The van der Waals surface area contributed by atoms with Crippen molar-refractivity contribution in [1.29, 1.82) is 0 Å². The van der Waals surface area contributed by atoms with Gasteiger partial charge in [-0.1, -0.05) is 0 Å². The number of halogens is 6. The second-order valence-electron chi connectivity index (χ2n) is 5.73. The molecule has 1 aromatic rings. The van der Waals surface area contributed by atoms with Gasteiger partial charge in [0.2, 0.25) is 0 Å². The molecule has 1 aromatic carbocycles. The van der Waals surface area contributed by atoms with Crippen LogP contribution in [0.3, 0.4) is 0 Å². The monoisotopic (exact) mass is 394 g/mol. The molecule has 25 heavy (non-hydrogen) atoms. The van der Waals surface area contributed by atoms with Crippen molar-refractivity contribution in [2.24, 2.45) is 0 Å². The molecule has 0 aromatic heterocycles. The average Bonchev–Trinajstić information content (AvgIpc) is 2.44. The minimum absolute atomic E-state index is 0.0494. The summed E-state index contributed by atoms with van der Waals surface area (Å²) < 4.78 is 110.